The number of carboxylic acids is 1. The third kappa shape index (κ3) is 1.85. The van der Waals surface area contributed by atoms with Gasteiger partial charge in [0.1, 0.15) is 11.3 Å². The lowest BCUT2D eigenvalue weighted by atomic mass is 10.1. The summed E-state index contributed by atoms with van der Waals surface area (Å²) in [6, 6.07) is 7.30. The lowest BCUT2D eigenvalue weighted by Gasteiger charge is -2.06. The molecule has 0 unspecified atom stereocenters. The summed E-state index contributed by atoms with van der Waals surface area (Å²) in [5.41, 5.74) is 1.02. The highest BCUT2D eigenvalue weighted by molar-refractivity contribution is 6.03. The Balaban J connectivity index is 2.38. The number of nitrogens with zero attached hydrogens (tertiary/aromatic N) is 1. The van der Waals surface area contributed by atoms with Crippen LogP contribution in [-0.4, -0.2) is 16.1 Å². The fraction of sp³-hybridized carbons (Fsp3) is 0. The van der Waals surface area contributed by atoms with Crippen molar-refractivity contribution in [2.45, 2.75) is 0 Å². The Kier molecular flexibility index (Phi) is 2.52. The molecule has 0 bridgehead atoms. The standard InChI is InChI=1S/C14H8FNO3/c15-11-3-1-2-9-10(14(17)18)6-12(16-13(9)11)8-4-5-19-7-8/h1-7H,(H,17,18). The van der Waals surface area contributed by atoms with Crippen molar-refractivity contribution in [3.05, 3.63) is 54.2 Å². The number of carboxylic acid groups (broad SMARTS) is 1. The van der Waals surface area contributed by atoms with Crippen molar-refractivity contribution < 1.29 is 18.7 Å². The molecular formula is C14H8FNO3. The predicted molar refractivity (Wildman–Crippen MR) is 66.4 cm³/mol. The van der Waals surface area contributed by atoms with Crippen LogP contribution in [0.25, 0.3) is 22.2 Å². The van der Waals surface area contributed by atoms with Crippen molar-refractivity contribution in [3.63, 3.8) is 0 Å². The number of halogens is 1. The number of para-hydroxylation sites is 1. The maximum absolute atomic E-state index is 13.8. The second-order valence-corrected chi connectivity index (χ2v) is 4.01. The summed E-state index contributed by atoms with van der Waals surface area (Å²) >= 11 is 0. The molecule has 0 amide bonds. The quantitative estimate of drug-likeness (QED) is 0.764. The van der Waals surface area contributed by atoms with Crippen LogP contribution >= 0.6 is 0 Å². The first-order chi connectivity index (χ1) is 9.16. The van der Waals surface area contributed by atoms with E-state index < -0.39 is 11.8 Å². The number of aromatic carboxylic acids is 1. The third-order valence-corrected chi connectivity index (χ3v) is 2.84. The van der Waals surface area contributed by atoms with E-state index in [1.54, 1.807) is 6.07 Å². The molecule has 5 heteroatoms. The molecule has 1 N–H and O–H groups in total. The van der Waals surface area contributed by atoms with Crippen LogP contribution in [0.15, 0.2) is 47.3 Å². The summed E-state index contributed by atoms with van der Waals surface area (Å²) in [4.78, 5) is 15.4. The van der Waals surface area contributed by atoms with E-state index in [1.807, 2.05) is 0 Å². The van der Waals surface area contributed by atoms with Gasteiger partial charge in [-0.25, -0.2) is 14.2 Å². The van der Waals surface area contributed by atoms with Crippen LogP contribution in [-0.2, 0) is 0 Å². The number of rotatable bonds is 2. The SMILES string of the molecule is O=C(O)c1cc(-c2ccoc2)nc2c(F)cccc12. The zero-order valence-electron chi connectivity index (χ0n) is 9.63. The van der Waals surface area contributed by atoms with Gasteiger partial charge in [-0.05, 0) is 18.2 Å². The Labute approximate surface area is 107 Å². The first kappa shape index (κ1) is 11.4. The van der Waals surface area contributed by atoms with Crippen LogP contribution in [0, 0.1) is 5.82 Å². The average Bonchev–Trinajstić information content (AvgIpc) is 2.92. The molecule has 0 atom stereocenters. The van der Waals surface area contributed by atoms with Crippen molar-refractivity contribution in [1.82, 2.24) is 4.98 Å². The van der Waals surface area contributed by atoms with E-state index in [2.05, 4.69) is 4.98 Å². The Morgan fingerprint density at radius 1 is 1.32 bits per heavy atom. The first-order valence-corrected chi connectivity index (χ1v) is 5.52. The van der Waals surface area contributed by atoms with Crippen LogP contribution in [0.2, 0.25) is 0 Å². The molecule has 0 fully saturated rings. The Morgan fingerprint density at radius 3 is 2.84 bits per heavy atom. The van der Waals surface area contributed by atoms with E-state index in [9.17, 15) is 14.3 Å². The molecule has 0 aliphatic rings. The molecule has 2 aromatic heterocycles. The van der Waals surface area contributed by atoms with Crippen LogP contribution in [0.4, 0.5) is 4.39 Å². The summed E-state index contributed by atoms with van der Waals surface area (Å²) in [6.45, 7) is 0. The maximum atomic E-state index is 13.8. The van der Waals surface area contributed by atoms with Crippen molar-refractivity contribution in [1.29, 1.82) is 0 Å². The minimum absolute atomic E-state index is 0.0145. The van der Waals surface area contributed by atoms with Gasteiger partial charge in [-0.15, -0.1) is 0 Å². The first-order valence-electron chi connectivity index (χ1n) is 5.52. The number of benzene rings is 1. The molecule has 0 saturated heterocycles. The number of furan rings is 1. The van der Waals surface area contributed by atoms with Gasteiger partial charge in [0, 0.05) is 10.9 Å². The minimum Gasteiger partial charge on any atom is -0.478 e. The lowest BCUT2D eigenvalue weighted by Crippen LogP contribution is -2.01. The second-order valence-electron chi connectivity index (χ2n) is 4.01. The Bertz CT molecular complexity index is 766. The Hall–Kier alpha value is -2.69. The number of aromatic nitrogens is 1. The molecule has 4 nitrogen and oxygen atoms in total. The topological polar surface area (TPSA) is 63.3 Å². The molecule has 19 heavy (non-hydrogen) atoms. The van der Waals surface area contributed by atoms with Gasteiger partial charge in [0.15, 0.2) is 0 Å². The number of carbonyl (C=O) groups is 1. The molecule has 1 aromatic carbocycles. The molecule has 94 valence electrons. The van der Waals surface area contributed by atoms with Crippen LogP contribution in [0.3, 0.4) is 0 Å². The van der Waals surface area contributed by atoms with Gasteiger partial charge in [-0.2, -0.15) is 0 Å². The Morgan fingerprint density at radius 2 is 2.16 bits per heavy atom. The van der Waals surface area contributed by atoms with Gasteiger partial charge in [0.25, 0.3) is 0 Å². The highest BCUT2D eigenvalue weighted by Crippen LogP contribution is 2.26. The number of hydrogen-bond acceptors (Lipinski definition) is 3. The van der Waals surface area contributed by atoms with Gasteiger partial charge < -0.3 is 9.52 Å². The molecule has 3 aromatic rings. The van der Waals surface area contributed by atoms with Crippen molar-refractivity contribution >= 4 is 16.9 Å². The van der Waals surface area contributed by atoms with Crippen molar-refractivity contribution in [3.8, 4) is 11.3 Å². The number of hydrogen-bond donors (Lipinski definition) is 1. The summed E-state index contributed by atoms with van der Waals surface area (Å²) in [7, 11) is 0. The van der Waals surface area contributed by atoms with Crippen LogP contribution in [0.1, 0.15) is 10.4 Å². The van der Waals surface area contributed by atoms with Gasteiger partial charge in [-0.3, -0.25) is 0 Å². The molecular weight excluding hydrogens is 249 g/mol. The molecule has 0 saturated carbocycles. The second kappa shape index (κ2) is 4.20. The van der Waals surface area contributed by atoms with Crippen LogP contribution < -0.4 is 0 Å². The van der Waals surface area contributed by atoms with Crippen molar-refractivity contribution in [2.24, 2.45) is 0 Å². The van der Waals surface area contributed by atoms with E-state index in [4.69, 9.17) is 4.42 Å². The van der Waals surface area contributed by atoms with E-state index in [0.717, 1.165) is 0 Å². The van der Waals surface area contributed by atoms with Gasteiger partial charge in [0.05, 0.1) is 23.8 Å². The molecule has 0 spiro atoms. The monoisotopic (exact) mass is 257 g/mol. The smallest absolute Gasteiger partial charge is 0.336 e. The third-order valence-electron chi connectivity index (χ3n) is 2.84. The molecule has 0 aliphatic heterocycles. The predicted octanol–water partition coefficient (Wildman–Crippen LogP) is 3.33. The molecule has 2 heterocycles. The summed E-state index contributed by atoms with van der Waals surface area (Å²) in [5.74, 6) is -1.67. The fourth-order valence-electron chi connectivity index (χ4n) is 1.95. The normalized spacial score (nSPS) is 10.8. The fourth-order valence-corrected chi connectivity index (χ4v) is 1.95. The summed E-state index contributed by atoms with van der Waals surface area (Å²) in [5, 5.41) is 9.50. The highest BCUT2D eigenvalue weighted by Gasteiger charge is 2.15. The summed E-state index contributed by atoms with van der Waals surface area (Å²) < 4.78 is 18.7. The average molecular weight is 257 g/mol. The molecule has 3 rings (SSSR count). The summed E-state index contributed by atoms with van der Waals surface area (Å²) in [6.07, 6.45) is 2.88. The lowest BCUT2D eigenvalue weighted by molar-refractivity contribution is 0.0699. The maximum Gasteiger partial charge on any atom is 0.336 e. The van der Waals surface area contributed by atoms with Gasteiger partial charge in [0.2, 0.25) is 0 Å². The zero-order valence-corrected chi connectivity index (χ0v) is 9.63. The molecule has 0 radical (unpaired) electrons. The number of fused-ring (bicyclic) bond motifs is 1. The van der Waals surface area contributed by atoms with E-state index in [1.165, 1.54) is 36.8 Å². The highest BCUT2D eigenvalue weighted by atomic mass is 19.1. The minimum atomic E-state index is -1.12. The largest absolute Gasteiger partial charge is 0.478 e. The van der Waals surface area contributed by atoms with Gasteiger partial charge in [-0.1, -0.05) is 12.1 Å². The van der Waals surface area contributed by atoms with E-state index in [-0.39, 0.29) is 16.5 Å². The number of pyridine rings is 1. The molecule has 0 aliphatic carbocycles. The van der Waals surface area contributed by atoms with Crippen molar-refractivity contribution in [2.75, 3.05) is 0 Å². The van der Waals surface area contributed by atoms with E-state index in [0.29, 0.717) is 11.3 Å². The van der Waals surface area contributed by atoms with Crippen LogP contribution in [0.5, 0.6) is 0 Å². The zero-order chi connectivity index (χ0) is 13.4. The van der Waals surface area contributed by atoms with Gasteiger partial charge >= 0.3 is 5.97 Å². The van der Waals surface area contributed by atoms with E-state index >= 15 is 0 Å².